The van der Waals surface area contributed by atoms with E-state index < -0.39 is 10.0 Å². The molecule has 1 fully saturated rings. The monoisotopic (exact) mass is 339 g/mol. The van der Waals surface area contributed by atoms with Gasteiger partial charge < -0.3 is 10.6 Å². The van der Waals surface area contributed by atoms with Crippen LogP contribution in [0.1, 0.15) is 35.7 Å². The van der Waals surface area contributed by atoms with E-state index in [1.165, 1.54) is 0 Å². The van der Waals surface area contributed by atoms with Gasteiger partial charge in [-0.3, -0.25) is 4.79 Å². The molecule has 0 spiro atoms. The number of hydrogen-bond acceptors (Lipinski definition) is 4. The normalized spacial score (nSPS) is 18.6. The van der Waals surface area contributed by atoms with Crippen molar-refractivity contribution in [2.24, 2.45) is 5.92 Å². The number of benzene rings is 1. The van der Waals surface area contributed by atoms with E-state index in [4.69, 9.17) is 0 Å². The fourth-order valence-electron chi connectivity index (χ4n) is 2.51. The maximum atomic E-state index is 12.1. The molecule has 1 aliphatic rings. The minimum Gasteiger partial charge on any atom is -0.352 e. The molecule has 2 rings (SSSR count). The van der Waals surface area contributed by atoms with Crippen LogP contribution < -0.4 is 15.4 Å². The summed E-state index contributed by atoms with van der Waals surface area (Å²) in [5.74, 6) is 0.468. The topological polar surface area (TPSA) is 87.3 Å². The number of nitrogens with one attached hydrogen (secondary N) is 3. The third kappa shape index (κ3) is 5.93. The standard InChI is InChI=1S/C16H25N3O3S/c1-2-23(21,22)19-12-13-5-7-15(8-6-13)16(20)18-11-14-4-3-9-17-10-14/h5-8,14,17,19H,2-4,9-12H2,1H3,(H,18,20). The lowest BCUT2D eigenvalue weighted by Crippen LogP contribution is -2.38. The number of carbonyl (C=O) groups is 1. The maximum absolute atomic E-state index is 12.1. The highest BCUT2D eigenvalue weighted by atomic mass is 32.2. The summed E-state index contributed by atoms with van der Waals surface area (Å²) in [6.07, 6.45) is 2.30. The predicted octanol–water partition coefficient (Wildman–Crippen LogP) is 0.855. The van der Waals surface area contributed by atoms with Crippen LogP contribution in [-0.4, -0.2) is 39.7 Å². The van der Waals surface area contributed by atoms with Gasteiger partial charge in [0.15, 0.2) is 0 Å². The molecule has 0 saturated carbocycles. The van der Waals surface area contributed by atoms with E-state index in [0.29, 0.717) is 18.0 Å². The number of hydrogen-bond donors (Lipinski definition) is 3. The highest BCUT2D eigenvalue weighted by molar-refractivity contribution is 7.89. The summed E-state index contributed by atoms with van der Waals surface area (Å²) in [7, 11) is -3.20. The second-order valence-corrected chi connectivity index (χ2v) is 7.94. The number of piperidine rings is 1. The van der Waals surface area contributed by atoms with Crippen LogP contribution in [0, 0.1) is 5.92 Å². The molecule has 1 unspecified atom stereocenters. The van der Waals surface area contributed by atoms with Gasteiger partial charge >= 0.3 is 0 Å². The summed E-state index contributed by atoms with van der Waals surface area (Å²) in [6, 6.07) is 7.00. The Kier molecular flexibility index (Phi) is 6.56. The first kappa shape index (κ1) is 17.9. The van der Waals surface area contributed by atoms with Crippen molar-refractivity contribution in [2.45, 2.75) is 26.3 Å². The van der Waals surface area contributed by atoms with Gasteiger partial charge in [-0.05, 0) is 56.5 Å². The van der Waals surface area contributed by atoms with Gasteiger partial charge in [0.1, 0.15) is 0 Å². The van der Waals surface area contributed by atoms with E-state index in [1.807, 2.05) is 0 Å². The summed E-state index contributed by atoms with van der Waals surface area (Å²) >= 11 is 0. The maximum Gasteiger partial charge on any atom is 0.251 e. The second-order valence-electron chi connectivity index (χ2n) is 5.84. The van der Waals surface area contributed by atoms with Gasteiger partial charge in [-0.15, -0.1) is 0 Å². The third-order valence-corrected chi connectivity index (χ3v) is 5.39. The molecule has 128 valence electrons. The van der Waals surface area contributed by atoms with Gasteiger partial charge in [-0.2, -0.15) is 0 Å². The quantitative estimate of drug-likeness (QED) is 0.687. The Bertz CT molecular complexity index is 608. The zero-order valence-corrected chi connectivity index (χ0v) is 14.3. The number of amides is 1. The van der Waals surface area contributed by atoms with Gasteiger partial charge in [-0.25, -0.2) is 13.1 Å². The Morgan fingerprint density at radius 3 is 2.65 bits per heavy atom. The first-order chi connectivity index (χ1) is 11.0. The van der Waals surface area contributed by atoms with Crippen LogP contribution in [0.25, 0.3) is 0 Å². The minimum atomic E-state index is -3.20. The summed E-state index contributed by atoms with van der Waals surface area (Å²) in [4.78, 5) is 12.1. The lowest BCUT2D eigenvalue weighted by molar-refractivity contribution is 0.0945. The molecule has 1 aromatic rings. The SMILES string of the molecule is CCS(=O)(=O)NCc1ccc(C(=O)NCC2CCCNC2)cc1. The molecule has 1 heterocycles. The van der Waals surface area contributed by atoms with Gasteiger partial charge in [0.25, 0.3) is 5.91 Å². The molecule has 23 heavy (non-hydrogen) atoms. The molecule has 6 nitrogen and oxygen atoms in total. The largest absolute Gasteiger partial charge is 0.352 e. The molecule has 3 N–H and O–H groups in total. The van der Waals surface area contributed by atoms with Crippen LogP contribution in [-0.2, 0) is 16.6 Å². The van der Waals surface area contributed by atoms with Gasteiger partial charge in [0.05, 0.1) is 5.75 Å². The van der Waals surface area contributed by atoms with Crippen molar-refractivity contribution in [3.05, 3.63) is 35.4 Å². The molecule has 1 aliphatic heterocycles. The van der Waals surface area contributed by atoms with Crippen molar-refractivity contribution in [1.82, 2.24) is 15.4 Å². The van der Waals surface area contributed by atoms with Crippen LogP contribution in [0.2, 0.25) is 0 Å². The molecule has 1 saturated heterocycles. The van der Waals surface area contributed by atoms with Crippen LogP contribution >= 0.6 is 0 Å². The second kappa shape index (κ2) is 8.42. The Labute approximate surface area is 138 Å². The molecule has 0 aliphatic carbocycles. The smallest absolute Gasteiger partial charge is 0.251 e. The van der Waals surface area contributed by atoms with E-state index in [-0.39, 0.29) is 18.2 Å². The minimum absolute atomic E-state index is 0.0590. The average molecular weight is 339 g/mol. The molecule has 1 amide bonds. The lowest BCUT2D eigenvalue weighted by atomic mass is 9.99. The Morgan fingerprint density at radius 2 is 2.04 bits per heavy atom. The molecule has 7 heteroatoms. The molecule has 0 radical (unpaired) electrons. The first-order valence-electron chi connectivity index (χ1n) is 8.05. The summed E-state index contributed by atoms with van der Waals surface area (Å²) < 4.78 is 25.3. The molecule has 1 atom stereocenters. The lowest BCUT2D eigenvalue weighted by Gasteiger charge is -2.22. The van der Waals surface area contributed by atoms with Gasteiger partial charge in [0.2, 0.25) is 10.0 Å². The molecule has 0 aromatic heterocycles. The van der Waals surface area contributed by atoms with Crippen molar-refractivity contribution in [2.75, 3.05) is 25.4 Å². The van der Waals surface area contributed by atoms with Crippen LogP contribution in [0.15, 0.2) is 24.3 Å². The summed E-state index contributed by atoms with van der Waals surface area (Å²) in [5, 5.41) is 6.29. The van der Waals surface area contributed by atoms with Crippen molar-refractivity contribution in [1.29, 1.82) is 0 Å². The Morgan fingerprint density at radius 1 is 1.30 bits per heavy atom. The predicted molar refractivity (Wildman–Crippen MR) is 90.7 cm³/mol. The first-order valence-corrected chi connectivity index (χ1v) is 9.70. The van der Waals surface area contributed by atoms with Crippen molar-refractivity contribution >= 4 is 15.9 Å². The number of rotatable bonds is 7. The van der Waals surface area contributed by atoms with Gasteiger partial charge in [-0.1, -0.05) is 12.1 Å². The summed E-state index contributed by atoms with van der Waals surface area (Å²) in [5.41, 5.74) is 1.42. The summed E-state index contributed by atoms with van der Waals surface area (Å²) in [6.45, 7) is 4.54. The molecular weight excluding hydrogens is 314 g/mol. The van der Waals surface area contributed by atoms with Crippen LogP contribution in [0.4, 0.5) is 0 Å². The van der Waals surface area contributed by atoms with Crippen molar-refractivity contribution in [3.8, 4) is 0 Å². The zero-order valence-electron chi connectivity index (χ0n) is 13.5. The van der Waals surface area contributed by atoms with Gasteiger partial charge in [0, 0.05) is 18.7 Å². The Hall–Kier alpha value is -1.44. The zero-order chi connectivity index (χ0) is 16.7. The van der Waals surface area contributed by atoms with Crippen molar-refractivity contribution < 1.29 is 13.2 Å². The highest BCUT2D eigenvalue weighted by Crippen LogP contribution is 2.09. The van der Waals surface area contributed by atoms with Crippen molar-refractivity contribution in [3.63, 3.8) is 0 Å². The Balaban J connectivity index is 1.82. The number of sulfonamides is 1. The van der Waals surface area contributed by atoms with Crippen LogP contribution in [0.3, 0.4) is 0 Å². The van der Waals surface area contributed by atoms with E-state index in [2.05, 4.69) is 15.4 Å². The van der Waals surface area contributed by atoms with Crippen LogP contribution in [0.5, 0.6) is 0 Å². The molecular formula is C16H25N3O3S. The molecule has 0 bridgehead atoms. The third-order valence-electron chi connectivity index (χ3n) is 4.04. The molecule has 1 aromatic carbocycles. The average Bonchev–Trinajstić information content (AvgIpc) is 2.59. The fraction of sp³-hybridized carbons (Fsp3) is 0.562. The highest BCUT2D eigenvalue weighted by Gasteiger charge is 2.14. The van der Waals surface area contributed by atoms with E-state index in [0.717, 1.165) is 31.5 Å². The van der Waals surface area contributed by atoms with E-state index >= 15 is 0 Å². The number of carbonyl (C=O) groups excluding carboxylic acids is 1. The van der Waals surface area contributed by atoms with E-state index in [1.54, 1.807) is 31.2 Å². The van der Waals surface area contributed by atoms with E-state index in [9.17, 15) is 13.2 Å². The fourth-order valence-corrected chi connectivity index (χ4v) is 3.10.